The summed E-state index contributed by atoms with van der Waals surface area (Å²) < 4.78 is 0. The van der Waals surface area contributed by atoms with Crippen LogP contribution in [0.4, 0.5) is 5.82 Å². The van der Waals surface area contributed by atoms with E-state index in [1.807, 2.05) is 67.5 Å². The summed E-state index contributed by atoms with van der Waals surface area (Å²) in [7, 11) is 3.83. The highest BCUT2D eigenvalue weighted by Crippen LogP contribution is 2.18. The number of anilines is 1. The lowest BCUT2D eigenvalue weighted by atomic mass is 10.0. The van der Waals surface area contributed by atoms with Crippen molar-refractivity contribution in [2.45, 2.75) is 6.54 Å². The Bertz CT molecular complexity index is 840. The second-order valence-electron chi connectivity index (χ2n) is 5.43. The number of aromatic nitrogens is 2. The molecule has 3 aromatic rings. The van der Waals surface area contributed by atoms with Crippen LogP contribution in [0.3, 0.4) is 0 Å². The minimum absolute atomic E-state index is 0.124. The fourth-order valence-electron chi connectivity index (χ4n) is 2.40. The van der Waals surface area contributed by atoms with Gasteiger partial charge in [0.1, 0.15) is 11.6 Å². The van der Waals surface area contributed by atoms with E-state index < -0.39 is 0 Å². The molecule has 5 heteroatoms. The molecule has 2 aromatic carbocycles. The summed E-state index contributed by atoms with van der Waals surface area (Å²) in [6, 6.07) is 15.4. The SMILES string of the molecule is CN(C)c1ccnc(CNC(=O)c2cccc3ccccc23)n1. The molecule has 0 aliphatic heterocycles. The lowest BCUT2D eigenvalue weighted by Gasteiger charge is -2.12. The summed E-state index contributed by atoms with van der Waals surface area (Å²) in [6.07, 6.45) is 1.70. The molecule has 0 aliphatic rings. The highest BCUT2D eigenvalue weighted by atomic mass is 16.1. The summed E-state index contributed by atoms with van der Waals surface area (Å²) >= 11 is 0. The number of fused-ring (bicyclic) bond motifs is 1. The summed E-state index contributed by atoms with van der Waals surface area (Å²) in [6.45, 7) is 0.295. The molecule has 0 radical (unpaired) electrons. The maximum Gasteiger partial charge on any atom is 0.252 e. The van der Waals surface area contributed by atoms with Crippen LogP contribution in [-0.2, 0) is 6.54 Å². The number of hydrogen-bond donors (Lipinski definition) is 1. The summed E-state index contributed by atoms with van der Waals surface area (Å²) in [5.74, 6) is 1.28. The maximum absolute atomic E-state index is 12.5. The molecule has 1 heterocycles. The monoisotopic (exact) mass is 306 g/mol. The third-order valence-electron chi connectivity index (χ3n) is 3.59. The Hall–Kier alpha value is -2.95. The molecule has 0 saturated carbocycles. The van der Waals surface area contributed by atoms with Crippen molar-refractivity contribution >= 4 is 22.5 Å². The quantitative estimate of drug-likeness (QED) is 0.805. The first-order valence-electron chi connectivity index (χ1n) is 7.40. The lowest BCUT2D eigenvalue weighted by molar-refractivity contribution is 0.0951. The van der Waals surface area contributed by atoms with Crippen LogP contribution in [0.15, 0.2) is 54.7 Å². The standard InChI is InChI=1S/C18H18N4O/c1-22(2)17-10-11-19-16(21-17)12-20-18(23)15-9-5-7-13-6-3-4-8-14(13)15/h3-11H,12H2,1-2H3,(H,20,23). The van der Waals surface area contributed by atoms with Crippen molar-refractivity contribution in [1.82, 2.24) is 15.3 Å². The predicted octanol–water partition coefficient (Wildman–Crippen LogP) is 2.63. The number of amides is 1. The Labute approximate surface area is 135 Å². The molecule has 1 aromatic heterocycles. The first-order chi connectivity index (χ1) is 11.1. The van der Waals surface area contributed by atoms with Crippen molar-refractivity contribution < 1.29 is 4.79 Å². The van der Waals surface area contributed by atoms with Crippen LogP contribution in [0, 0.1) is 0 Å². The molecule has 23 heavy (non-hydrogen) atoms. The fourth-order valence-corrected chi connectivity index (χ4v) is 2.40. The van der Waals surface area contributed by atoms with Crippen LogP contribution in [0.1, 0.15) is 16.2 Å². The molecular formula is C18H18N4O. The number of benzene rings is 2. The molecule has 3 rings (SSSR count). The third kappa shape index (κ3) is 3.29. The van der Waals surface area contributed by atoms with E-state index in [1.165, 1.54) is 0 Å². The van der Waals surface area contributed by atoms with Gasteiger partial charge >= 0.3 is 0 Å². The van der Waals surface area contributed by atoms with Gasteiger partial charge in [-0.1, -0.05) is 36.4 Å². The van der Waals surface area contributed by atoms with Crippen LogP contribution in [0.25, 0.3) is 10.8 Å². The summed E-state index contributed by atoms with van der Waals surface area (Å²) in [5, 5.41) is 4.88. The second-order valence-corrected chi connectivity index (χ2v) is 5.43. The van der Waals surface area contributed by atoms with Gasteiger partial charge in [0.2, 0.25) is 0 Å². The molecule has 0 spiro atoms. The number of hydrogen-bond acceptors (Lipinski definition) is 4. The molecule has 0 aliphatic carbocycles. The Morgan fingerprint density at radius 3 is 2.70 bits per heavy atom. The van der Waals surface area contributed by atoms with E-state index >= 15 is 0 Å². The minimum Gasteiger partial charge on any atom is -0.363 e. The molecule has 116 valence electrons. The normalized spacial score (nSPS) is 10.5. The van der Waals surface area contributed by atoms with E-state index in [0.29, 0.717) is 17.9 Å². The van der Waals surface area contributed by atoms with E-state index in [1.54, 1.807) is 6.20 Å². The zero-order valence-electron chi connectivity index (χ0n) is 13.2. The Balaban J connectivity index is 1.78. The maximum atomic E-state index is 12.5. The third-order valence-corrected chi connectivity index (χ3v) is 3.59. The molecule has 0 atom stereocenters. The van der Waals surface area contributed by atoms with E-state index in [2.05, 4.69) is 15.3 Å². The second kappa shape index (κ2) is 6.44. The number of carbonyl (C=O) groups excluding carboxylic acids is 1. The van der Waals surface area contributed by atoms with E-state index in [0.717, 1.165) is 16.6 Å². The minimum atomic E-state index is -0.124. The molecule has 1 N–H and O–H groups in total. The van der Waals surface area contributed by atoms with Crippen molar-refractivity contribution in [3.05, 3.63) is 66.1 Å². The van der Waals surface area contributed by atoms with Crippen LogP contribution in [0.5, 0.6) is 0 Å². The lowest BCUT2D eigenvalue weighted by Crippen LogP contribution is -2.24. The topological polar surface area (TPSA) is 58.1 Å². The van der Waals surface area contributed by atoms with Crippen LogP contribution in [-0.4, -0.2) is 30.0 Å². The van der Waals surface area contributed by atoms with Gasteiger partial charge in [-0.2, -0.15) is 0 Å². The van der Waals surface area contributed by atoms with Gasteiger partial charge in [-0.3, -0.25) is 4.79 Å². The molecule has 5 nitrogen and oxygen atoms in total. The molecule has 0 unspecified atom stereocenters. The highest BCUT2D eigenvalue weighted by molar-refractivity contribution is 6.06. The zero-order chi connectivity index (χ0) is 16.2. The number of nitrogens with one attached hydrogen (secondary N) is 1. The Kier molecular flexibility index (Phi) is 4.19. The van der Waals surface area contributed by atoms with Gasteiger partial charge in [0.15, 0.2) is 0 Å². The van der Waals surface area contributed by atoms with Gasteiger partial charge in [-0.05, 0) is 22.9 Å². The van der Waals surface area contributed by atoms with Gasteiger partial charge < -0.3 is 10.2 Å². The van der Waals surface area contributed by atoms with Crippen molar-refractivity contribution in [3.8, 4) is 0 Å². The van der Waals surface area contributed by atoms with Crippen LogP contribution >= 0.6 is 0 Å². The summed E-state index contributed by atoms with van der Waals surface area (Å²) in [4.78, 5) is 23.0. The van der Waals surface area contributed by atoms with E-state index in [9.17, 15) is 4.79 Å². The van der Waals surface area contributed by atoms with Crippen LogP contribution < -0.4 is 10.2 Å². The van der Waals surface area contributed by atoms with Gasteiger partial charge in [0.25, 0.3) is 5.91 Å². The molecule has 0 saturated heterocycles. The number of nitrogens with zero attached hydrogens (tertiary/aromatic N) is 3. The molecular weight excluding hydrogens is 288 g/mol. The van der Waals surface area contributed by atoms with Gasteiger partial charge in [0, 0.05) is 25.9 Å². The largest absolute Gasteiger partial charge is 0.363 e. The zero-order valence-corrected chi connectivity index (χ0v) is 13.2. The number of rotatable bonds is 4. The van der Waals surface area contributed by atoms with Crippen LogP contribution in [0.2, 0.25) is 0 Å². The van der Waals surface area contributed by atoms with Crippen molar-refractivity contribution in [1.29, 1.82) is 0 Å². The van der Waals surface area contributed by atoms with Crippen molar-refractivity contribution in [2.24, 2.45) is 0 Å². The molecule has 0 fully saturated rings. The number of carbonyl (C=O) groups is 1. The first kappa shape index (κ1) is 15.0. The predicted molar refractivity (Wildman–Crippen MR) is 91.5 cm³/mol. The Morgan fingerprint density at radius 1 is 1.09 bits per heavy atom. The first-order valence-corrected chi connectivity index (χ1v) is 7.40. The Morgan fingerprint density at radius 2 is 1.87 bits per heavy atom. The smallest absolute Gasteiger partial charge is 0.252 e. The van der Waals surface area contributed by atoms with Crippen molar-refractivity contribution in [2.75, 3.05) is 19.0 Å². The van der Waals surface area contributed by atoms with Gasteiger partial charge in [0.05, 0.1) is 6.54 Å². The van der Waals surface area contributed by atoms with E-state index in [4.69, 9.17) is 0 Å². The van der Waals surface area contributed by atoms with Gasteiger partial charge in [-0.25, -0.2) is 9.97 Å². The van der Waals surface area contributed by atoms with Crippen molar-refractivity contribution in [3.63, 3.8) is 0 Å². The highest BCUT2D eigenvalue weighted by Gasteiger charge is 2.10. The van der Waals surface area contributed by atoms with Gasteiger partial charge in [-0.15, -0.1) is 0 Å². The van der Waals surface area contributed by atoms with E-state index in [-0.39, 0.29) is 5.91 Å². The molecule has 1 amide bonds. The average molecular weight is 306 g/mol. The molecule has 0 bridgehead atoms. The average Bonchev–Trinajstić information content (AvgIpc) is 2.59. The summed E-state index contributed by atoms with van der Waals surface area (Å²) in [5.41, 5.74) is 0.659. The fraction of sp³-hybridized carbons (Fsp3) is 0.167.